The zero-order chi connectivity index (χ0) is 41.9. The highest BCUT2D eigenvalue weighted by Gasteiger charge is 2.67. The molecule has 0 fully saturated rings. The van der Waals surface area contributed by atoms with Gasteiger partial charge in [-0.2, -0.15) is 0 Å². The molecule has 3 aliphatic rings. The summed E-state index contributed by atoms with van der Waals surface area (Å²) in [5, 5.41) is 17.1. The molecule has 3 aliphatic carbocycles. The van der Waals surface area contributed by atoms with E-state index >= 15 is 9.59 Å². The van der Waals surface area contributed by atoms with Gasteiger partial charge in [0.25, 0.3) is 5.88 Å². The van der Waals surface area contributed by atoms with Crippen molar-refractivity contribution < 1.29 is 37.9 Å². The number of hydrogen-bond acceptors (Lipinski definition) is 11. The number of rotatable bonds is 12. The van der Waals surface area contributed by atoms with Crippen molar-refractivity contribution in [1.82, 2.24) is 15.0 Å². The Morgan fingerprint density at radius 1 is 0.948 bits per heavy atom. The molecule has 5 atom stereocenters. The highest BCUT2D eigenvalue weighted by atomic mass is 28.4. The highest BCUT2D eigenvalue weighted by molar-refractivity contribution is 6.74. The maximum atomic E-state index is 15.6. The standard InChI is InChI=1S/C46H57N3O8Si/c1-27(48(5)6)31-24-34(54-25-28-18-14-12-15-19-28)36-32(40(31)53-9)22-30-23-33-38(49(7)8)41-37(44(47-56-41)55-26-29-20-16-13-17-21-29)43(52)46(33,42(51)35(30)39(36)50)57-58(10,11)45(2,3)4/h12-21,24,27,30,33,38,51H,22-23,25-26H2,1-11H3/t27-,30-,33-,38-,46-/m0/s1. The molecule has 0 spiro atoms. The summed E-state index contributed by atoms with van der Waals surface area (Å²) in [5.41, 5.74) is 2.12. The molecule has 7 rings (SSSR count). The smallest absolute Gasteiger partial charge is 0.265 e. The molecule has 0 bridgehead atoms. The van der Waals surface area contributed by atoms with Crippen LogP contribution in [0.1, 0.15) is 94.9 Å². The number of carbonyl (C=O) groups is 2. The Kier molecular flexibility index (Phi) is 11.0. The molecule has 0 saturated carbocycles. The molecule has 0 amide bonds. The van der Waals surface area contributed by atoms with E-state index in [9.17, 15) is 5.11 Å². The van der Waals surface area contributed by atoms with Gasteiger partial charge in [-0.3, -0.25) is 14.5 Å². The minimum atomic E-state index is -2.89. The zero-order valence-electron chi connectivity index (χ0n) is 35.6. The van der Waals surface area contributed by atoms with Gasteiger partial charge in [0.1, 0.15) is 36.0 Å². The Hall–Kier alpha value is -4.75. The average molecular weight is 808 g/mol. The Labute approximate surface area is 343 Å². The number of methoxy groups -OCH3 is 1. The van der Waals surface area contributed by atoms with Crippen molar-refractivity contribution in [3.63, 3.8) is 0 Å². The fourth-order valence-electron chi connectivity index (χ4n) is 8.70. The van der Waals surface area contributed by atoms with Gasteiger partial charge in [0.15, 0.2) is 25.5 Å². The van der Waals surface area contributed by atoms with E-state index in [1.165, 1.54) is 0 Å². The molecule has 4 aromatic rings. The van der Waals surface area contributed by atoms with Gasteiger partial charge in [0.05, 0.1) is 18.7 Å². The first-order valence-electron chi connectivity index (χ1n) is 20.1. The van der Waals surface area contributed by atoms with Crippen LogP contribution in [0.4, 0.5) is 0 Å². The number of Topliss-reactive ketones (excluding diaryl/α,β-unsaturated/α-hetero) is 2. The number of aliphatic hydroxyl groups excluding tert-OH is 1. The molecule has 0 radical (unpaired) electrons. The predicted octanol–water partition coefficient (Wildman–Crippen LogP) is 8.91. The van der Waals surface area contributed by atoms with Gasteiger partial charge in [0.2, 0.25) is 5.78 Å². The number of nitrogens with zero attached hydrogens (tertiary/aromatic N) is 3. The molecule has 58 heavy (non-hydrogen) atoms. The van der Waals surface area contributed by atoms with E-state index in [-0.39, 0.29) is 47.1 Å². The molecule has 1 N–H and O–H groups in total. The number of aliphatic hydroxyl groups is 1. The zero-order valence-corrected chi connectivity index (χ0v) is 36.6. The van der Waals surface area contributed by atoms with Crippen LogP contribution in [0.2, 0.25) is 18.1 Å². The minimum Gasteiger partial charge on any atom is -0.508 e. The predicted molar refractivity (Wildman–Crippen MR) is 224 cm³/mol. The van der Waals surface area contributed by atoms with Crippen LogP contribution in [0.15, 0.2) is 82.6 Å². The van der Waals surface area contributed by atoms with Crippen molar-refractivity contribution in [3.8, 4) is 17.4 Å². The molecule has 0 unspecified atom stereocenters. The molecule has 1 aromatic heterocycles. The second-order valence-corrected chi connectivity index (χ2v) is 22.7. The van der Waals surface area contributed by atoms with Crippen LogP contribution in [0.3, 0.4) is 0 Å². The molecule has 308 valence electrons. The van der Waals surface area contributed by atoms with Crippen LogP contribution in [0.25, 0.3) is 0 Å². The fourth-order valence-corrected chi connectivity index (χ4v) is 10.1. The van der Waals surface area contributed by atoms with Crippen LogP contribution < -0.4 is 14.2 Å². The Bertz CT molecular complexity index is 2230. The molecule has 0 aliphatic heterocycles. The molecular weight excluding hydrogens is 751 g/mol. The Balaban J connectivity index is 1.45. The van der Waals surface area contributed by atoms with E-state index in [2.05, 4.69) is 50.8 Å². The van der Waals surface area contributed by atoms with E-state index in [1.54, 1.807) is 7.11 Å². The molecule has 1 heterocycles. The summed E-state index contributed by atoms with van der Waals surface area (Å²) in [6.45, 7) is 12.8. The van der Waals surface area contributed by atoms with Gasteiger partial charge in [-0.1, -0.05) is 81.4 Å². The lowest BCUT2D eigenvalue weighted by molar-refractivity contribution is -0.0480. The third-order valence-electron chi connectivity index (χ3n) is 12.9. The van der Waals surface area contributed by atoms with Gasteiger partial charge in [-0.25, -0.2) is 0 Å². The number of carbonyl (C=O) groups excluding carboxylic acids is 2. The first kappa shape index (κ1) is 41.4. The lowest BCUT2D eigenvalue weighted by atomic mass is 9.58. The minimum absolute atomic E-state index is 0.0245. The van der Waals surface area contributed by atoms with Crippen molar-refractivity contribution in [2.75, 3.05) is 35.3 Å². The lowest BCUT2D eigenvalue weighted by Crippen LogP contribution is -2.65. The number of fused-ring (bicyclic) bond motifs is 4. The van der Waals surface area contributed by atoms with E-state index < -0.39 is 43.4 Å². The highest BCUT2D eigenvalue weighted by Crippen LogP contribution is 2.60. The summed E-state index contributed by atoms with van der Waals surface area (Å²) in [6, 6.07) is 20.6. The third-order valence-corrected chi connectivity index (χ3v) is 17.4. The van der Waals surface area contributed by atoms with Gasteiger partial charge in [-0.15, -0.1) is 0 Å². The molecule has 0 saturated heterocycles. The number of aromatic nitrogens is 1. The van der Waals surface area contributed by atoms with Gasteiger partial charge in [-0.05, 0) is 94.4 Å². The largest absolute Gasteiger partial charge is 0.508 e. The average Bonchev–Trinajstić information content (AvgIpc) is 3.60. The number of allylic oxidation sites excluding steroid dienone is 1. The van der Waals surface area contributed by atoms with Gasteiger partial charge < -0.3 is 33.2 Å². The number of ketones is 2. The fraction of sp³-hybridized carbons (Fsp3) is 0.457. The van der Waals surface area contributed by atoms with Crippen LogP contribution in [0, 0.1) is 11.8 Å². The van der Waals surface area contributed by atoms with Crippen LogP contribution in [-0.2, 0) is 24.1 Å². The third kappa shape index (κ3) is 6.87. The normalized spacial score (nSPS) is 22.3. The Morgan fingerprint density at radius 2 is 1.55 bits per heavy atom. The summed E-state index contributed by atoms with van der Waals surface area (Å²) in [6.07, 6.45) is 0.708. The summed E-state index contributed by atoms with van der Waals surface area (Å²) in [7, 11) is 6.57. The van der Waals surface area contributed by atoms with Crippen molar-refractivity contribution >= 4 is 19.9 Å². The van der Waals surface area contributed by atoms with Crippen molar-refractivity contribution in [2.45, 2.75) is 89.6 Å². The summed E-state index contributed by atoms with van der Waals surface area (Å²) >= 11 is 0. The van der Waals surface area contributed by atoms with E-state index in [0.717, 1.165) is 22.3 Å². The van der Waals surface area contributed by atoms with Crippen LogP contribution in [-0.4, -0.2) is 80.8 Å². The second kappa shape index (κ2) is 15.4. The number of benzene rings is 3. The van der Waals surface area contributed by atoms with Crippen molar-refractivity contribution in [1.29, 1.82) is 0 Å². The maximum absolute atomic E-state index is 15.6. The second-order valence-electron chi connectivity index (χ2n) is 17.9. The van der Waals surface area contributed by atoms with E-state index in [1.807, 2.05) is 99.8 Å². The first-order chi connectivity index (χ1) is 27.4. The quantitative estimate of drug-likeness (QED) is 0.138. The molecule has 11 nitrogen and oxygen atoms in total. The van der Waals surface area contributed by atoms with E-state index in [4.69, 9.17) is 23.2 Å². The summed E-state index contributed by atoms with van der Waals surface area (Å²) in [5.74, 6) is -1.02. The molecule has 3 aromatic carbocycles. The maximum Gasteiger partial charge on any atom is 0.265 e. The van der Waals surface area contributed by atoms with Crippen molar-refractivity contribution in [2.24, 2.45) is 11.8 Å². The van der Waals surface area contributed by atoms with Crippen LogP contribution in [0.5, 0.6) is 17.4 Å². The molecule has 12 heteroatoms. The lowest BCUT2D eigenvalue weighted by Gasteiger charge is -2.55. The topological polar surface area (TPSA) is 124 Å². The number of hydrogen-bond donors (Lipinski definition) is 1. The molecular formula is C46H57N3O8Si. The summed E-state index contributed by atoms with van der Waals surface area (Å²) < 4.78 is 32.3. The van der Waals surface area contributed by atoms with Crippen LogP contribution >= 0.6 is 0 Å². The van der Waals surface area contributed by atoms with E-state index in [0.29, 0.717) is 35.7 Å². The Morgan fingerprint density at radius 3 is 2.10 bits per heavy atom. The monoisotopic (exact) mass is 807 g/mol. The first-order valence-corrected chi connectivity index (χ1v) is 23.0. The van der Waals surface area contributed by atoms with Gasteiger partial charge >= 0.3 is 0 Å². The van der Waals surface area contributed by atoms with Gasteiger partial charge in [0, 0.05) is 28.7 Å². The summed E-state index contributed by atoms with van der Waals surface area (Å²) in [4.78, 5) is 35.1. The number of ether oxygens (including phenoxy) is 3. The SMILES string of the molecule is COc1c([C@H](C)N(C)C)cc(OCc2ccccc2)c2c1C[C@H]1C[C@H]3[C@H](N(C)C)c4onc(OCc5ccccc5)c4C(=O)[C@@]3(O[Si](C)(C)C(C)(C)C)C(O)=C1C2=O. The van der Waals surface area contributed by atoms with Crippen molar-refractivity contribution in [3.05, 3.63) is 117 Å².